The molecule has 0 radical (unpaired) electrons. The lowest BCUT2D eigenvalue weighted by atomic mass is 10.5. The fraction of sp³-hybridized carbons (Fsp3) is 0.111. The van der Waals surface area contributed by atoms with Crippen molar-refractivity contribution in [2.45, 2.75) is 6.42 Å². The summed E-state index contributed by atoms with van der Waals surface area (Å²) in [6.45, 7) is 0. The molecule has 2 rings (SSSR count). The molecule has 0 saturated heterocycles. The number of hydrogen-bond acceptors (Lipinski definition) is 3. The van der Waals surface area contributed by atoms with E-state index in [2.05, 4.69) is 39.6 Å². The molecule has 12 heavy (non-hydrogen) atoms. The van der Waals surface area contributed by atoms with E-state index in [9.17, 15) is 0 Å². The minimum absolute atomic E-state index is 1.14. The van der Waals surface area contributed by atoms with E-state index in [-0.39, 0.29) is 0 Å². The van der Waals surface area contributed by atoms with Crippen LogP contribution in [0.4, 0.5) is 0 Å². The van der Waals surface area contributed by atoms with Crippen LogP contribution in [-0.2, 0) is 0 Å². The summed E-state index contributed by atoms with van der Waals surface area (Å²) < 4.78 is 0. The monoisotopic (exact) mass is 161 g/mol. The van der Waals surface area contributed by atoms with E-state index in [0.717, 1.165) is 6.42 Å². The summed E-state index contributed by atoms with van der Waals surface area (Å²) >= 11 is 0. The van der Waals surface area contributed by atoms with Gasteiger partial charge in [0.1, 0.15) is 0 Å². The summed E-state index contributed by atoms with van der Waals surface area (Å²) in [5.41, 5.74) is 0. The van der Waals surface area contributed by atoms with Crippen molar-refractivity contribution in [1.82, 2.24) is 5.32 Å². The highest BCUT2D eigenvalue weighted by atomic mass is 15.0. The Morgan fingerprint density at radius 3 is 1.92 bits per heavy atom. The van der Waals surface area contributed by atoms with Crippen molar-refractivity contribution in [1.29, 1.82) is 0 Å². The van der Waals surface area contributed by atoms with Crippen molar-refractivity contribution in [3.05, 3.63) is 36.7 Å². The third-order valence-electron chi connectivity index (χ3n) is 1.19. The van der Waals surface area contributed by atoms with Crippen LogP contribution in [0.2, 0.25) is 0 Å². The third-order valence-corrected chi connectivity index (χ3v) is 1.19. The van der Waals surface area contributed by atoms with Crippen LogP contribution >= 0.6 is 0 Å². The molecule has 0 aromatic carbocycles. The SMILES string of the molecule is C1=CCC=C1.C1=CN=CNC=N1. The lowest BCUT2D eigenvalue weighted by Crippen LogP contribution is -2.04. The molecule has 1 aliphatic carbocycles. The molecule has 0 unspecified atom stereocenters. The molecule has 0 aromatic rings. The molecule has 0 fully saturated rings. The van der Waals surface area contributed by atoms with Crippen LogP contribution in [0.25, 0.3) is 0 Å². The number of hydrogen-bond donors (Lipinski definition) is 1. The van der Waals surface area contributed by atoms with Crippen molar-refractivity contribution in [3.8, 4) is 0 Å². The maximum Gasteiger partial charge on any atom is 0.0930 e. The summed E-state index contributed by atoms with van der Waals surface area (Å²) in [6.07, 6.45) is 15.8. The van der Waals surface area contributed by atoms with Gasteiger partial charge in [0.2, 0.25) is 0 Å². The molecule has 0 aromatic heterocycles. The molecule has 0 atom stereocenters. The normalized spacial score (nSPS) is 16.7. The molecule has 62 valence electrons. The Hall–Kier alpha value is -1.64. The molecule has 0 saturated carbocycles. The predicted octanol–water partition coefficient (Wildman–Crippen LogP) is 1.62. The van der Waals surface area contributed by atoms with Crippen LogP contribution in [0.3, 0.4) is 0 Å². The predicted molar refractivity (Wildman–Crippen MR) is 52.2 cm³/mol. The zero-order chi connectivity index (χ0) is 8.49. The Labute approximate surface area is 71.9 Å². The van der Waals surface area contributed by atoms with E-state index in [1.54, 1.807) is 25.1 Å². The average Bonchev–Trinajstić information content (AvgIpc) is 2.54. The lowest BCUT2D eigenvalue weighted by molar-refractivity contribution is 1.45. The van der Waals surface area contributed by atoms with E-state index in [0.29, 0.717) is 0 Å². The Morgan fingerprint density at radius 1 is 0.917 bits per heavy atom. The standard InChI is InChI=1S/C5H6.C4H5N3/c1-2-4-5-3-1;1-2-6-4-7-3-5-1/h1-4H,5H2;1-4H,(H,5,6,7). The van der Waals surface area contributed by atoms with Crippen LogP contribution in [0.5, 0.6) is 0 Å². The van der Waals surface area contributed by atoms with Gasteiger partial charge in [-0.1, -0.05) is 24.3 Å². The van der Waals surface area contributed by atoms with Gasteiger partial charge in [-0.05, 0) is 6.42 Å². The Kier molecular flexibility index (Phi) is 4.30. The highest BCUT2D eigenvalue weighted by molar-refractivity contribution is 5.76. The first-order valence-corrected chi connectivity index (χ1v) is 3.76. The van der Waals surface area contributed by atoms with Gasteiger partial charge in [-0.3, -0.25) is 0 Å². The van der Waals surface area contributed by atoms with Crippen LogP contribution in [0.1, 0.15) is 6.42 Å². The molecule has 1 aliphatic heterocycles. The quantitative estimate of drug-likeness (QED) is 0.576. The van der Waals surface area contributed by atoms with Crippen molar-refractivity contribution in [2.24, 2.45) is 9.98 Å². The Morgan fingerprint density at radius 2 is 1.50 bits per heavy atom. The largest absolute Gasteiger partial charge is 0.337 e. The summed E-state index contributed by atoms with van der Waals surface area (Å²) in [5.74, 6) is 0. The van der Waals surface area contributed by atoms with E-state index in [1.807, 2.05) is 0 Å². The Balaban J connectivity index is 0.000000127. The Bertz CT molecular complexity index is 222. The van der Waals surface area contributed by atoms with Crippen molar-refractivity contribution < 1.29 is 0 Å². The van der Waals surface area contributed by atoms with Crippen molar-refractivity contribution in [2.75, 3.05) is 0 Å². The highest BCUT2D eigenvalue weighted by Gasteiger charge is 1.72. The van der Waals surface area contributed by atoms with Gasteiger partial charge in [-0.2, -0.15) is 0 Å². The molecule has 0 spiro atoms. The number of allylic oxidation sites excluding steroid dienone is 4. The fourth-order valence-corrected chi connectivity index (χ4v) is 0.675. The average molecular weight is 161 g/mol. The maximum atomic E-state index is 3.73. The van der Waals surface area contributed by atoms with E-state index in [1.165, 1.54) is 0 Å². The molecule has 0 amide bonds. The summed E-state index contributed by atoms with van der Waals surface area (Å²) in [7, 11) is 0. The summed E-state index contributed by atoms with van der Waals surface area (Å²) in [4.78, 5) is 7.46. The minimum atomic E-state index is 1.14. The van der Waals surface area contributed by atoms with Crippen LogP contribution < -0.4 is 5.32 Å². The topological polar surface area (TPSA) is 36.8 Å². The first-order valence-electron chi connectivity index (χ1n) is 3.76. The van der Waals surface area contributed by atoms with Gasteiger partial charge in [0.05, 0.1) is 12.7 Å². The first kappa shape index (κ1) is 8.46. The van der Waals surface area contributed by atoms with Crippen LogP contribution in [-0.4, -0.2) is 12.7 Å². The number of nitrogens with one attached hydrogen (secondary N) is 1. The van der Waals surface area contributed by atoms with Gasteiger partial charge in [0.25, 0.3) is 0 Å². The number of nitrogens with zero attached hydrogens (tertiary/aromatic N) is 2. The second-order valence-electron chi connectivity index (χ2n) is 2.11. The molecular formula is C9H11N3. The zero-order valence-corrected chi connectivity index (χ0v) is 6.72. The van der Waals surface area contributed by atoms with E-state index in [4.69, 9.17) is 0 Å². The summed E-state index contributed by atoms with van der Waals surface area (Å²) in [5, 5.41) is 2.70. The molecule has 3 nitrogen and oxygen atoms in total. The first-order chi connectivity index (χ1) is 6.00. The second-order valence-corrected chi connectivity index (χ2v) is 2.11. The molecular weight excluding hydrogens is 150 g/mol. The van der Waals surface area contributed by atoms with Gasteiger partial charge >= 0.3 is 0 Å². The maximum absolute atomic E-state index is 3.73. The van der Waals surface area contributed by atoms with Gasteiger partial charge in [0, 0.05) is 12.4 Å². The molecule has 2 aliphatic rings. The van der Waals surface area contributed by atoms with Crippen LogP contribution in [0.15, 0.2) is 46.7 Å². The van der Waals surface area contributed by atoms with Gasteiger partial charge in [-0.25, -0.2) is 9.98 Å². The molecule has 3 heteroatoms. The molecule has 1 heterocycles. The smallest absolute Gasteiger partial charge is 0.0930 e. The minimum Gasteiger partial charge on any atom is -0.337 e. The highest BCUT2D eigenvalue weighted by Crippen LogP contribution is 1.93. The van der Waals surface area contributed by atoms with E-state index < -0.39 is 0 Å². The van der Waals surface area contributed by atoms with Gasteiger partial charge in [-0.15, -0.1) is 0 Å². The number of rotatable bonds is 0. The lowest BCUT2D eigenvalue weighted by Gasteiger charge is -1.76. The molecule has 0 bridgehead atoms. The van der Waals surface area contributed by atoms with E-state index >= 15 is 0 Å². The fourth-order valence-electron chi connectivity index (χ4n) is 0.675. The van der Waals surface area contributed by atoms with Crippen molar-refractivity contribution >= 4 is 12.7 Å². The summed E-state index contributed by atoms with van der Waals surface area (Å²) in [6, 6.07) is 0. The van der Waals surface area contributed by atoms with Gasteiger partial charge < -0.3 is 5.32 Å². The second kappa shape index (κ2) is 6.09. The van der Waals surface area contributed by atoms with Crippen molar-refractivity contribution in [3.63, 3.8) is 0 Å². The van der Waals surface area contributed by atoms with Crippen LogP contribution in [0, 0.1) is 0 Å². The molecule has 1 N–H and O–H groups in total. The third kappa shape index (κ3) is 4.22. The number of aliphatic imine (C=N–C) groups is 2. The zero-order valence-electron chi connectivity index (χ0n) is 6.72. The van der Waals surface area contributed by atoms with Gasteiger partial charge in [0.15, 0.2) is 0 Å².